The van der Waals surface area contributed by atoms with Gasteiger partial charge in [-0.05, 0) is 49.7 Å². The molecule has 1 unspecified atom stereocenters. The fourth-order valence-corrected chi connectivity index (χ4v) is 3.22. The average Bonchev–Trinajstić information content (AvgIpc) is 2.91. The summed E-state index contributed by atoms with van der Waals surface area (Å²) >= 11 is 0. The van der Waals surface area contributed by atoms with Gasteiger partial charge in [0.05, 0.1) is 17.6 Å². The van der Waals surface area contributed by atoms with E-state index in [4.69, 9.17) is 0 Å². The summed E-state index contributed by atoms with van der Waals surface area (Å²) < 4.78 is 1.78. The van der Waals surface area contributed by atoms with Crippen molar-refractivity contribution in [1.82, 2.24) is 15.0 Å². The van der Waals surface area contributed by atoms with Gasteiger partial charge in [-0.25, -0.2) is 4.68 Å². The van der Waals surface area contributed by atoms with Gasteiger partial charge in [0.25, 0.3) is 0 Å². The maximum atomic E-state index is 11.2. The van der Waals surface area contributed by atoms with Crippen LogP contribution in [0.5, 0.6) is 0 Å². The molecule has 112 valence electrons. The highest BCUT2D eigenvalue weighted by atomic mass is 16.3. The molecule has 1 saturated carbocycles. The van der Waals surface area contributed by atoms with E-state index >= 15 is 0 Å². The molecule has 2 aromatic rings. The second-order valence-electron chi connectivity index (χ2n) is 6.92. The monoisotopic (exact) mass is 285 g/mol. The summed E-state index contributed by atoms with van der Waals surface area (Å²) in [4.78, 5) is 0. The van der Waals surface area contributed by atoms with E-state index in [9.17, 15) is 5.11 Å². The van der Waals surface area contributed by atoms with Crippen LogP contribution in [0.4, 0.5) is 0 Å². The Labute approximate surface area is 125 Å². The fraction of sp³-hybridized carbons (Fsp3) is 0.529. The molecule has 0 radical (unpaired) electrons. The van der Waals surface area contributed by atoms with Gasteiger partial charge in [-0.3, -0.25) is 0 Å². The third kappa shape index (κ3) is 2.86. The van der Waals surface area contributed by atoms with Crippen LogP contribution in [0, 0.1) is 5.41 Å². The van der Waals surface area contributed by atoms with E-state index in [1.165, 1.54) is 0 Å². The maximum absolute atomic E-state index is 11.2. The van der Waals surface area contributed by atoms with Crippen LogP contribution in [0.2, 0.25) is 0 Å². The molecule has 0 aliphatic heterocycles. The van der Waals surface area contributed by atoms with Crippen LogP contribution in [-0.4, -0.2) is 20.1 Å². The molecule has 1 aromatic heterocycles. The van der Waals surface area contributed by atoms with Crippen molar-refractivity contribution < 1.29 is 5.11 Å². The minimum Gasteiger partial charge on any atom is -0.383 e. The standard InChI is InChI=1S/C17H23N3O/c1-16(2)9-6-10-17(21,12-11-16)15-13-18-19-20(15)14-7-4-3-5-8-14/h3-5,7-8,13,21H,6,9-12H2,1-2H3. The highest BCUT2D eigenvalue weighted by molar-refractivity contribution is 5.33. The van der Waals surface area contributed by atoms with Crippen LogP contribution in [0.15, 0.2) is 36.5 Å². The van der Waals surface area contributed by atoms with E-state index in [2.05, 4.69) is 24.2 Å². The number of aliphatic hydroxyl groups is 1. The van der Waals surface area contributed by atoms with E-state index in [1.54, 1.807) is 10.9 Å². The van der Waals surface area contributed by atoms with E-state index in [1.807, 2.05) is 30.3 Å². The first-order valence-corrected chi connectivity index (χ1v) is 7.69. The van der Waals surface area contributed by atoms with Gasteiger partial charge < -0.3 is 5.11 Å². The van der Waals surface area contributed by atoms with Crippen LogP contribution in [0.1, 0.15) is 51.6 Å². The summed E-state index contributed by atoms with van der Waals surface area (Å²) in [5.41, 5.74) is 1.23. The molecular weight excluding hydrogens is 262 g/mol. The molecule has 0 saturated heterocycles. The summed E-state index contributed by atoms with van der Waals surface area (Å²) in [6.07, 6.45) is 6.46. The molecular formula is C17H23N3O. The summed E-state index contributed by atoms with van der Waals surface area (Å²) in [5.74, 6) is 0. The minimum absolute atomic E-state index is 0.301. The molecule has 1 aromatic carbocycles. The highest BCUT2D eigenvalue weighted by Gasteiger charge is 2.38. The SMILES string of the molecule is CC1(C)CCCC(O)(c2cnnn2-c2ccccc2)CC1. The minimum atomic E-state index is -0.826. The van der Waals surface area contributed by atoms with E-state index in [-0.39, 0.29) is 0 Å². The van der Waals surface area contributed by atoms with Gasteiger partial charge in [0.15, 0.2) is 0 Å². The molecule has 1 aliphatic rings. The molecule has 0 spiro atoms. The summed E-state index contributed by atoms with van der Waals surface area (Å²) in [6, 6.07) is 9.90. The van der Waals surface area contributed by atoms with E-state index in [0.717, 1.165) is 43.5 Å². The number of hydrogen-bond donors (Lipinski definition) is 1. The molecule has 4 heteroatoms. The van der Waals surface area contributed by atoms with Gasteiger partial charge in [-0.2, -0.15) is 0 Å². The van der Waals surface area contributed by atoms with Crippen molar-refractivity contribution in [2.24, 2.45) is 5.41 Å². The first-order valence-electron chi connectivity index (χ1n) is 7.69. The predicted octanol–water partition coefficient (Wildman–Crippen LogP) is 3.45. The molecule has 1 fully saturated rings. The lowest BCUT2D eigenvalue weighted by molar-refractivity contribution is 0.0115. The summed E-state index contributed by atoms with van der Waals surface area (Å²) in [7, 11) is 0. The smallest absolute Gasteiger partial charge is 0.108 e. The lowest BCUT2D eigenvalue weighted by atomic mass is 9.84. The van der Waals surface area contributed by atoms with Gasteiger partial charge in [0.1, 0.15) is 5.60 Å². The molecule has 1 atom stereocenters. The maximum Gasteiger partial charge on any atom is 0.108 e. The Bertz CT molecular complexity index is 606. The molecule has 4 nitrogen and oxygen atoms in total. The van der Waals surface area contributed by atoms with Gasteiger partial charge >= 0.3 is 0 Å². The normalized spacial score (nSPS) is 25.5. The van der Waals surface area contributed by atoms with Crippen molar-refractivity contribution in [1.29, 1.82) is 0 Å². The molecule has 1 aliphatic carbocycles. The van der Waals surface area contributed by atoms with Crippen molar-refractivity contribution in [3.05, 3.63) is 42.2 Å². The zero-order chi connectivity index (χ0) is 14.9. The number of benzene rings is 1. The number of para-hydroxylation sites is 1. The van der Waals surface area contributed by atoms with E-state index in [0.29, 0.717) is 5.41 Å². The van der Waals surface area contributed by atoms with E-state index < -0.39 is 5.60 Å². The molecule has 3 rings (SSSR count). The van der Waals surface area contributed by atoms with Gasteiger partial charge in [-0.1, -0.05) is 37.3 Å². The second-order valence-corrected chi connectivity index (χ2v) is 6.92. The van der Waals surface area contributed by atoms with Crippen LogP contribution in [0.3, 0.4) is 0 Å². The van der Waals surface area contributed by atoms with Gasteiger partial charge in [0.2, 0.25) is 0 Å². The number of hydrogen-bond acceptors (Lipinski definition) is 3. The first-order chi connectivity index (χ1) is 10.0. The Morgan fingerprint density at radius 3 is 2.57 bits per heavy atom. The van der Waals surface area contributed by atoms with Crippen molar-refractivity contribution in [2.75, 3.05) is 0 Å². The quantitative estimate of drug-likeness (QED) is 0.860. The number of rotatable bonds is 2. The van der Waals surface area contributed by atoms with Crippen LogP contribution in [-0.2, 0) is 5.60 Å². The zero-order valence-corrected chi connectivity index (χ0v) is 12.8. The first kappa shape index (κ1) is 14.3. The predicted molar refractivity (Wildman–Crippen MR) is 82.1 cm³/mol. The van der Waals surface area contributed by atoms with Crippen LogP contribution in [0.25, 0.3) is 5.69 Å². The number of nitrogens with zero attached hydrogens (tertiary/aromatic N) is 3. The lowest BCUT2D eigenvalue weighted by Crippen LogP contribution is -2.28. The average molecular weight is 285 g/mol. The topological polar surface area (TPSA) is 50.9 Å². The zero-order valence-electron chi connectivity index (χ0n) is 12.8. The van der Waals surface area contributed by atoms with Gasteiger partial charge in [-0.15, -0.1) is 5.10 Å². The molecule has 0 amide bonds. The Balaban J connectivity index is 1.96. The third-order valence-corrected chi connectivity index (χ3v) is 4.69. The van der Waals surface area contributed by atoms with Crippen molar-refractivity contribution >= 4 is 0 Å². The molecule has 21 heavy (non-hydrogen) atoms. The number of aromatic nitrogens is 3. The van der Waals surface area contributed by atoms with Crippen molar-refractivity contribution in [3.63, 3.8) is 0 Å². The Morgan fingerprint density at radius 2 is 1.81 bits per heavy atom. The molecule has 1 N–H and O–H groups in total. The highest BCUT2D eigenvalue weighted by Crippen LogP contribution is 2.42. The Morgan fingerprint density at radius 1 is 1.05 bits per heavy atom. The van der Waals surface area contributed by atoms with Crippen LogP contribution >= 0.6 is 0 Å². The van der Waals surface area contributed by atoms with Crippen molar-refractivity contribution in [3.8, 4) is 5.69 Å². The molecule has 1 heterocycles. The lowest BCUT2D eigenvalue weighted by Gasteiger charge is -2.28. The third-order valence-electron chi connectivity index (χ3n) is 4.69. The van der Waals surface area contributed by atoms with Gasteiger partial charge in [0, 0.05) is 0 Å². The Kier molecular flexibility index (Phi) is 3.57. The fourth-order valence-electron chi connectivity index (χ4n) is 3.22. The largest absolute Gasteiger partial charge is 0.383 e. The summed E-state index contributed by atoms with van der Waals surface area (Å²) in [5, 5.41) is 19.4. The second kappa shape index (κ2) is 5.26. The van der Waals surface area contributed by atoms with Crippen molar-refractivity contribution in [2.45, 2.75) is 51.6 Å². The summed E-state index contributed by atoms with van der Waals surface area (Å²) in [6.45, 7) is 4.57. The Hall–Kier alpha value is -1.68. The van der Waals surface area contributed by atoms with Crippen LogP contribution < -0.4 is 0 Å². The molecule has 0 bridgehead atoms.